The molecule has 6 heteroatoms. The summed E-state index contributed by atoms with van der Waals surface area (Å²) in [4.78, 5) is 39.3. The van der Waals surface area contributed by atoms with Gasteiger partial charge in [-0.05, 0) is 31.1 Å². The molecular weight excluding hydrogens is 368 g/mol. The molecular formula is C23H42N2O4. The monoisotopic (exact) mass is 410 g/mol. The molecule has 168 valence electrons. The van der Waals surface area contributed by atoms with Gasteiger partial charge in [0.15, 0.2) is 0 Å². The predicted octanol–water partition coefficient (Wildman–Crippen LogP) is 4.25. The Morgan fingerprint density at radius 2 is 1.62 bits per heavy atom. The summed E-state index contributed by atoms with van der Waals surface area (Å²) in [5.41, 5.74) is -0.815. The maximum atomic E-state index is 13.4. The number of nitrogens with zero attached hydrogens (tertiary/aromatic N) is 1. The second kappa shape index (κ2) is 10.8. The van der Waals surface area contributed by atoms with Crippen molar-refractivity contribution in [2.24, 2.45) is 16.7 Å². The molecule has 0 rings (SSSR count). The van der Waals surface area contributed by atoms with E-state index in [1.807, 2.05) is 55.4 Å². The first-order chi connectivity index (χ1) is 13.1. The zero-order valence-corrected chi connectivity index (χ0v) is 20.0. The number of carboxylic acid groups (broad SMARTS) is 1. The number of nitrogens with one attached hydrogen (secondary N) is 1. The molecule has 0 aliphatic rings. The van der Waals surface area contributed by atoms with E-state index in [2.05, 4.69) is 5.32 Å². The van der Waals surface area contributed by atoms with Crippen LogP contribution in [0.15, 0.2) is 11.6 Å². The van der Waals surface area contributed by atoms with Crippen LogP contribution in [0.3, 0.4) is 0 Å². The van der Waals surface area contributed by atoms with Gasteiger partial charge in [-0.15, -0.1) is 0 Å². The molecule has 0 aromatic heterocycles. The third kappa shape index (κ3) is 7.48. The Kier molecular flexibility index (Phi) is 10.1. The molecule has 0 saturated heterocycles. The summed E-state index contributed by atoms with van der Waals surface area (Å²) in [6, 6.07) is -1.09. The number of aliphatic carboxylic acids is 1. The Hall–Kier alpha value is -1.85. The van der Waals surface area contributed by atoms with E-state index in [9.17, 15) is 19.5 Å². The highest BCUT2D eigenvalue weighted by atomic mass is 16.4. The van der Waals surface area contributed by atoms with Gasteiger partial charge in [0.1, 0.15) is 6.04 Å². The van der Waals surface area contributed by atoms with Crippen molar-refractivity contribution < 1.29 is 19.5 Å². The van der Waals surface area contributed by atoms with Crippen molar-refractivity contribution in [3.63, 3.8) is 0 Å². The van der Waals surface area contributed by atoms with Crippen molar-refractivity contribution in [3.8, 4) is 0 Å². The van der Waals surface area contributed by atoms with Crippen molar-refractivity contribution in [2.45, 2.75) is 93.7 Å². The van der Waals surface area contributed by atoms with E-state index in [4.69, 9.17) is 0 Å². The minimum Gasteiger partial charge on any atom is -0.478 e. The number of carbonyl (C=O) groups is 3. The molecule has 6 nitrogen and oxygen atoms in total. The Balaban J connectivity index is 5.89. The molecule has 0 aliphatic heterocycles. The summed E-state index contributed by atoms with van der Waals surface area (Å²) in [5, 5.41) is 12.2. The molecule has 0 radical (unpaired) electrons. The van der Waals surface area contributed by atoms with E-state index in [1.54, 1.807) is 18.0 Å². The molecule has 0 bridgehead atoms. The average molecular weight is 411 g/mol. The number of hydrogen-bond acceptors (Lipinski definition) is 3. The highest BCUT2D eigenvalue weighted by molar-refractivity contribution is 5.91. The van der Waals surface area contributed by atoms with E-state index in [1.165, 1.54) is 6.92 Å². The molecule has 3 atom stereocenters. The number of hydrogen-bond donors (Lipinski definition) is 2. The second-order valence-electron chi connectivity index (χ2n) is 9.78. The maximum absolute atomic E-state index is 13.4. The Morgan fingerprint density at radius 3 is 1.97 bits per heavy atom. The van der Waals surface area contributed by atoms with E-state index in [0.717, 1.165) is 12.8 Å². The van der Waals surface area contributed by atoms with E-state index >= 15 is 0 Å². The fourth-order valence-electron chi connectivity index (χ4n) is 3.39. The summed E-state index contributed by atoms with van der Waals surface area (Å²) < 4.78 is 0. The predicted molar refractivity (Wildman–Crippen MR) is 117 cm³/mol. The summed E-state index contributed by atoms with van der Waals surface area (Å²) in [5.74, 6) is -1.30. The lowest BCUT2D eigenvalue weighted by Gasteiger charge is -2.39. The van der Waals surface area contributed by atoms with Gasteiger partial charge in [0, 0.05) is 18.0 Å². The van der Waals surface area contributed by atoms with Gasteiger partial charge in [-0.3, -0.25) is 9.59 Å². The van der Waals surface area contributed by atoms with Gasteiger partial charge < -0.3 is 15.3 Å². The quantitative estimate of drug-likeness (QED) is 0.527. The first-order valence-corrected chi connectivity index (χ1v) is 10.6. The molecule has 2 N–H and O–H groups in total. The van der Waals surface area contributed by atoms with Gasteiger partial charge in [-0.1, -0.05) is 67.9 Å². The van der Waals surface area contributed by atoms with Crippen molar-refractivity contribution in [2.75, 3.05) is 7.05 Å². The van der Waals surface area contributed by atoms with Crippen LogP contribution in [0.25, 0.3) is 0 Å². The van der Waals surface area contributed by atoms with Crippen molar-refractivity contribution in [3.05, 3.63) is 11.6 Å². The molecule has 0 fully saturated rings. The molecule has 0 aliphatic carbocycles. The largest absolute Gasteiger partial charge is 0.478 e. The molecule has 0 spiro atoms. The molecule has 0 aromatic carbocycles. The zero-order valence-electron chi connectivity index (χ0n) is 20.0. The highest BCUT2D eigenvalue weighted by Gasteiger charge is 2.40. The number of carbonyl (C=O) groups excluding carboxylic acids is 2. The van der Waals surface area contributed by atoms with Crippen molar-refractivity contribution in [1.82, 2.24) is 10.2 Å². The Labute approximate surface area is 177 Å². The minimum absolute atomic E-state index is 0.0237. The molecule has 29 heavy (non-hydrogen) atoms. The van der Waals surface area contributed by atoms with Crippen LogP contribution in [0.1, 0.15) is 81.6 Å². The van der Waals surface area contributed by atoms with Gasteiger partial charge in [-0.2, -0.15) is 0 Å². The first kappa shape index (κ1) is 27.1. The van der Waals surface area contributed by atoms with Gasteiger partial charge in [0.2, 0.25) is 11.8 Å². The number of likely N-dealkylation sites (N-methyl/N-ethyl adjacent to an activating group) is 1. The Morgan fingerprint density at radius 1 is 1.10 bits per heavy atom. The molecule has 1 unspecified atom stereocenters. The normalized spacial score (nSPS) is 16.7. The molecule has 0 saturated carbocycles. The van der Waals surface area contributed by atoms with Crippen LogP contribution in [-0.2, 0) is 14.4 Å². The molecule has 0 heterocycles. The van der Waals surface area contributed by atoms with E-state index < -0.39 is 22.8 Å². The second-order valence-corrected chi connectivity index (χ2v) is 9.78. The third-order valence-electron chi connectivity index (χ3n) is 5.75. The van der Waals surface area contributed by atoms with Crippen molar-refractivity contribution in [1.29, 1.82) is 0 Å². The standard InChI is InChI=1S/C23H42N2O4/c1-11-13-23(9,12-2)21(29)24-18(22(6,7)8)19(26)25(10)17(15(3)4)14-16(5)20(27)28/h14-15,17-18H,11-13H2,1-10H3,(H,24,29)(H,27,28)/b16-14+/t17-,18-,23?/m1/s1. The number of rotatable bonds is 10. The van der Waals surface area contributed by atoms with Gasteiger partial charge in [0.05, 0.1) is 6.04 Å². The third-order valence-corrected chi connectivity index (χ3v) is 5.75. The topological polar surface area (TPSA) is 86.7 Å². The maximum Gasteiger partial charge on any atom is 0.331 e. The summed E-state index contributed by atoms with van der Waals surface area (Å²) in [6.07, 6.45) is 3.95. The van der Waals surface area contributed by atoms with Crippen LogP contribution in [-0.4, -0.2) is 46.9 Å². The van der Waals surface area contributed by atoms with Gasteiger partial charge >= 0.3 is 5.97 Å². The van der Waals surface area contributed by atoms with Crippen LogP contribution < -0.4 is 5.32 Å². The Bertz CT molecular complexity index is 619. The first-order valence-electron chi connectivity index (χ1n) is 10.6. The number of carboxylic acids is 1. The molecule has 0 aromatic rings. The van der Waals surface area contributed by atoms with Crippen LogP contribution in [0.2, 0.25) is 0 Å². The van der Waals surface area contributed by atoms with E-state index in [-0.39, 0.29) is 29.3 Å². The summed E-state index contributed by atoms with van der Waals surface area (Å²) in [7, 11) is 1.68. The lowest BCUT2D eigenvalue weighted by atomic mass is 9.79. The van der Waals surface area contributed by atoms with Crippen LogP contribution in [0.4, 0.5) is 0 Å². The average Bonchev–Trinajstić information content (AvgIpc) is 2.61. The smallest absolute Gasteiger partial charge is 0.331 e. The zero-order chi connectivity index (χ0) is 23.2. The minimum atomic E-state index is -1.00. The number of amides is 2. The lowest BCUT2D eigenvalue weighted by molar-refractivity contribution is -0.143. The van der Waals surface area contributed by atoms with Crippen LogP contribution in [0, 0.1) is 16.7 Å². The van der Waals surface area contributed by atoms with Gasteiger partial charge in [-0.25, -0.2) is 4.79 Å². The van der Waals surface area contributed by atoms with Crippen molar-refractivity contribution >= 4 is 17.8 Å². The van der Waals surface area contributed by atoms with Crippen LogP contribution in [0.5, 0.6) is 0 Å². The fourth-order valence-corrected chi connectivity index (χ4v) is 3.39. The van der Waals surface area contributed by atoms with Crippen LogP contribution >= 0.6 is 0 Å². The lowest BCUT2D eigenvalue weighted by Crippen LogP contribution is -2.58. The van der Waals surface area contributed by atoms with Gasteiger partial charge in [0.25, 0.3) is 0 Å². The summed E-state index contributed by atoms with van der Waals surface area (Å²) >= 11 is 0. The SMILES string of the molecule is CCCC(C)(CC)C(=O)N[C@H](C(=O)N(C)[C@H](/C=C(\C)C(=O)O)C(C)C)C(C)(C)C. The molecule has 2 amide bonds. The highest BCUT2D eigenvalue weighted by Crippen LogP contribution is 2.30. The summed E-state index contributed by atoms with van der Waals surface area (Å²) in [6.45, 7) is 17.2. The fraction of sp³-hybridized carbons (Fsp3) is 0.783. The van der Waals surface area contributed by atoms with E-state index in [0.29, 0.717) is 6.42 Å².